The molecule has 0 aliphatic carbocycles. The summed E-state index contributed by atoms with van der Waals surface area (Å²) in [6, 6.07) is 0. The lowest BCUT2D eigenvalue weighted by Crippen LogP contribution is -2.25. The number of carbonyl (C=O) groups excluding carboxylic acids is 1. The number of hydrogen-bond acceptors (Lipinski definition) is 4. The first-order valence-corrected chi connectivity index (χ1v) is 5.10. The van der Waals surface area contributed by atoms with Gasteiger partial charge in [-0.05, 0) is 0 Å². The lowest BCUT2D eigenvalue weighted by Gasteiger charge is -2.19. The molecule has 0 aromatic carbocycles. The molecule has 0 spiro atoms. The smallest absolute Gasteiger partial charge is 0.188 e. The molecule has 0 amide bonds. The normalized spacial score (nSPS) is 12.7. The molecule has 0 atom stereocenters. The highest BCUT2D eigenvalue weighted by molar-refractivity contribution is 6.17. The van der Waals surface area contributed by atoms with Crippen LogP contribution in [0.15, 0.2) is 18.9 Å². The van der Waals surface area contributed by atoms with Gasteiger partial charge in [-0.3, -0.25) is 4.79 Å². The maximum Gasteiger partial charge on any atom is 0.188 e. The third-order valence-corrected chi connectivity index (χ3v) is 1.96. The Hall–Kier alpha value is -1.65. The van der Waals surface area contributed by atoms with Crippen molar-refractivity contribution in [3.63, 3.8) is 0 Å². The standard InChI is InChI=1S/C11H18N4O/c1-11(2,3)10(16)9(6-14(4)5)15-8-12-7-13-15/h6-8H,1-5H3/b9-6-. The Bertz CT molecular complexity index is 385. The van der Waals surface area contributed by atoms with Crippen LogP contribution in [0.2, 0.25) is 0 Å². The number of ketones is 1. The first kappa shape index (κ1) is 12.4. The van der Waals surface area contributed by atoms with E-state index in [2.05, 4.69) is 10.1 Å². The topological polar surface area (TPSA) is 51.0 Å². The van der Waals surface area contributed by atoms with Gasteiger partial charge in [-0.1, -0.05) is 20.8 Å². The number of aromatic nitrogens is 3. The zero-order valence-electron chi connectivity index (χ0n) is 10.4. The highest BCUT2D eigenvalue weighted by Crippen LogP contribution is 2.22. The number of allylic oxidation sites excluding steroid dienone is 1. The van der Waals surface area contributed by atoms with Gasteiger partial charge in [0.2, 0.25) is 0 Å². The van der Waals surface area contributed by atoms with E-state index in [4.69, 9.17) is 0 Å². The van der Waals surface area contributed by atoms with Crippen LogP contribution in [0.4, 0.5) is 0 Å². The molecule has 0 unspecified atom stereocenters. The summed E-state index contributed by atoms with van der Waals surface area (Å²) < 4.78 is 1.49. The molecule has 88 valence electrons. The minimum Gasteiger partial charge on any atom is -0.382 e. The fourth-order valence-corrected chi connectivity index (χ4v) is 1.18. The maximum atomic E-state index is 12.2. The second-order valence-corrected chi connectivity index (χ2v) is 4.90. The van der Waals surface area contributed by atoms with Gasteiger partial charge in [0.05, 0.1) is 0 Å². The van der Waals surface area contributed by atoms with Gasteiger partial charge in [0.25, 0.3) is 0 Å². The van der Waals surface area contributed by atoms with Gasteiger partial charge in [0, 0.05) is 25.7 Å². The molecule has 1 aromatic rings. The predicted molar refractivity (Wildman–Crippen MR) is 62.4 cm³/mol. The van der Waals surface area contributed by atoms with Crippen LogP contribution in [-0.4, -0.2) is 39.5 Å². The van der Waals surface area contributed by atoms with Gasteiger partial charge < -0.3 is 4.90 Å². The lowest BCUT2D eigenvalue weighted by molar-refractivity contribution is -0.120. The van der Waals surface area contributed by atoms with Gasteiger partial charge >= 0.3 is 0 Å². The van der Waals surface area contributed by atoms with Gasteiger partial charge in [0.1, 0.15) is 18.4 Å². The minimum absolute atomic E-state index is 0.0340. The summed E-state index contributed by atoms with van der Waals surface area (Å²) in [5.41, 5.74) is 0.0864. The second kappa shape index (κ2) is 4.47. The number of carbonyl (C=O) groups is 1. The van der Waals surface area contributed by atoms with Crippen molar-refractivity contribution in [3.05, 3.63) is 18.9 Å². The Morgan fingerprint density at radius 1 is 1.38 bits per heavy atom. The van der Waals surface area contributed by atoms with E-state index in [1.54, 1.807) is 6.20 Å². The van der Waals surface area contributed by atoms with E-state index >= 15 is 0 Å². The second-order valence-electron chi connectivity index (χ2n) is 4.90. The van der Waals surface area contributed by atoms with Crippen molar-refractivity contribution >= 4 is 11.5 Å². The lowest BCUT2D eigenvalue weighted by atomic mass is 9.89. The highest BCUT2D eigenvalue weighted by Gasteiger charge is 2.26. The Balaban J connectivity index is 3.13. The summed E-state index contributed by atoms with van der Waals surface area (Å²) in [5, 5.41) is 3.99. The molecule has 0 fully saturated rings. The zero-order chi connectivity index (χ0) is 12.3. The fraction of sp³-hybridized carbons (Fsp3) is 0.545. The van der Waals surface area contributed by atoms with E-state index in [0.29, 0.717) is 5.70 Å². The largest absolute Gasteiger partial charge is 0.382 e. The van der Waals surface area contributed by atoms with E-state index in [-0.39, 0.29) is 5.78 Å². The molecule has 0 radical (unpaired) electrons. The molecule has 0 aliphatic heterocycles. The summed E-state index contributed by atoms with van der Waals surface area (Å²) >= 11 is 0. The van der Waals surface area contributed by atoms with Crippen LogP contribution in [0.5, 0.6) is 0 Å². The summed E-state index contributed by atoms with van der Waals surface area (Å²) in [6.07, 6.45) is 4.70. The molecule has 0 bridgehead atoms. The molecule has 0 N–H and O–H groups in total. The predicted octanol–water partition coefficient (Wildman–Crippen LogP) is 1.25. The SMILES string of the molecule is CN(C)/C=C(/C(=O)C(C)(C)C)n1cncn1. The highest BCUT2D eigenvalue weighted by atomic mass is 16.1. The maximum absolute atomic E-state index is 12.2. The summed E-state index contributed by atoms with van der Waals surface area (Å²) in [5.74, 6) is 0.0340. The van der Waals surface area contributed by atoms with E-state index in [9.17, 15) is 4.79 Å². The van der Waals surface area contributed by atoms with Gasteiger partial charge in [0.15, 0.2) is 5.78 Å². The van der Waals surface area contributed by atoms with Crippen LogP contribution in [0, 0.1) is 5.41 Å². The quantitative estimate of drug-likeness (QED) is 0.722. The Labute approximate surface area is 95.8 Å². The average Bonchev–Trinajstić information content (AvgIpc) is 2.63. The van der Waals surface area contributed by atoms with Crippen LogP contribution in [0.3, 0.4) is 0 Å². The van der Waals surface area contributed by atoms with Gasteiger partial charge in [-0.2, -0.15) is 5.10 Å². The van der Waals surface area contributed by atoms with E-state index in [1.807, 2.05) is 39.8 Å². The monoisotopic (exact) mass is 222 g/mol. The molecule has 1 heterocycles. The van der Waals surface area contributed by atoms with Crippen molar-refractivity contribution in [2.75, 3.05) is 14.1 Å². The van der Waals surface area contributed by atoms with Crippen LogP contribution in [0.25, 0.3) is 5.70 Å². The van der Waals surface area contributed by atoms with Crippen molar-refractivity contribution in [1.29, 1.82) is 0 Å². The molecule has 0 saturated carbocycles. The molecule has 5 heteroatoms. The molecular formula is C11H18N4O. The van der Waals surface area contributed by atoms with E-state index in [0.717, 1.165) is 0 Å². The van der Waals surface area contributed by atoms with Crippen molar-refractivity contribution in [2.24, 2.45) is 5.41 Å². The first-order chi connectivity index (χ1) is 7.32. The summed E-state index contributed by atoms with van der Waals surface area (Å²) in [6.45, 7) is 5.65. The van der Waals surface area contributed by atoms with Crippen LogP contribution in [0.1, 0.15) is 20.8 Å². The van der Waals surface area contributed by atoms with Crippen LogP contribution < -0.4 is 0 Å². The van der Waals surface area contributed by atoms with Crippen molar-refractivity contribution in [3.8, 4) is 0 Å². The number of rotatable bonds is 3. The number of hydrogen-bond donors (Lipinski definition) is 0. The Morgan fingerprint density at radius 2 is 2.00 bits per heavy atom. The molecule has 1 aromatic heterocycles. The number of nitrogens with zero attached hydrogens (tertiary/aromatic N) is 4. The number of Topliss-reactive ketones (excluding diaryl/α,β-unsaturated/α-hetero) is 1. The molecule has 1 rings (SSSR count). The Morgan fingerprint density at radius 3 is 2.38 bits per heavy atom. The summed E-state index contributed by atoms with van der Waals surface area (Å²) in [4.78, 5) is 17.9. The Kier molecular flexibility index (Phi) is 3.47. The average molecular weight is 222 g/mol. The van der Waals surface area contributed by atoms with Crippen LogP contribution >= 0.6 is 0 Å². The van der Waals surface area contributed by atoms with Gasteiger partial charge in [-0.15, -0.1) is 0 Å². The fourth-order valence-electron chi connectivity index (χ4n) is 1.18. The summed E-state index contributed by atoms with van der Waals surface area (Å²) in [7, 11) is 3.74. The molecule has 0 saturated heterocycles. The van der Waals surface area contributed by atoms with Crippen molar-refractivity contribution in [2.45, 2.75) is 20.8 Å². The zero-order valence-corrected chi connectivity index (χ0v) is 10.4. The van der Waals surface area contributed by atoms with Crippen molar-refractivity contribution < 1.29 is 4.79 Å². The minimum atomic E-state index is -0.437. The van der Waals surface area contributed by atoms with E-state index < -0.39 is 5.41 Å². The van der Waals surface area contributed by atoms with Crippen LogP contribution in [-0.2, 0) is 4.79 Å². The third-order valence-electron chi connectivity index (χ3n) is 1.96. The van der Waals surface area contributed by atoms with E-state index in [1.165, 1.54) is 17.3 Å². The first-order valence-electron chi connectivity index (χ1n) is 5.10. The third kappa shape index (κ3) is 2.92. The molecule has 16 heavy (non-hydrogen) atoms. The van der Waals surface area contributed by atoms with Crippen molar-refractivity contribution in [1.82, 2.24) is 19.7 Å². The molecule has 0 aliphatic rings. The molecule has 5 nitrogen and oxygen atoms in total. The molecular weight excluding hydrogens is 204 g/mol. The van der Waals surface area contributed by atoms with Gasteiger partial charge in [-0.25, -0.2) is 9.67 Å².